The number of Topliss-reactive ketones (excluding diaryl/α,β-unsaturated/α-hetero) is 1. The number of amides is 1. The van der Waals surface area contributed by atoms with Crippen LogP contribution in [-0.2, 0) is 4.79 Å². The molecule has 1 saturated heterocycles. The number of benzene rings is 1. The standard InChI is InChI=1S/C23H25FN2O2/c1-16-12-18(7-10-25-16)21(27)13-17-4-3-8-23(15-17)9-11-26(22(23)28)20-6-2-5-19(24)14-20/h2,5-7,10,12,14,17H,3-4,8-9,11,13,15H2,1H3/t17-,23+/m1/s1. The molecule has 2 heterocycles. The first-order valence-corrected chi connectivity index (χ1v) is 10.0. The molecular weight excluding hydrogens is 355 g/mol. The first kappa shape index (κ1) is 18.8. The van der Waals surface area contributed by atoms with Crippen molar-refractivity contribution in [3.63, 3.8) is 0 Å². The molecule has 1 aromatic carbocycles. The van der Waals surface area contributed by atoms with E-state index in [0.717, 1.165) is 37.8 Å². The number of aryl methyl sites for hydroxylation is 1. The van der Waals surface area contributed by atoms with Gasteiger partial charge < -0.3 is 4.90 Å². The van der Waals surface area contributed by atoms with Gasteiger partial charge in [0.25, 0.3) is 0 Å². The smallest absolute Gasteiger partial charge is 0.233 e. The lowest BCUT2D eigenvalue weighted by atomic mass is 9.67. The number of nitrogens with zero attached hydrogens (tertiary/aromatic N) is 2. The van der Waals surface area contributed by atoms with Crippen LogP contribution in [0.2, 0.25) is 0 Å². The van der Waals surface area contributed by atoms with Gasteiger partial charge in [-0.3, -0.25) is 14.6 Å². The molecule has 5 heteroatoms. The molecule has 4 nitrogen and oxygen atoms in total. The summed E-state index contributed by atoms with van der Waals surface area (Å²) in [6, 6.07) is 9.83. The fourth-order valence-corrected chi connectivity index (χ4v) is 4.89. The zero-order valence-electron chi connectivity index (χ0n) is 16.2. The van der Waals surface area contributed by atoms with Crippen molar-refractivity contribution >= 4 is 17.4 Å². The Balaban J connectivity index is 1.47. The number of ketones is 1. The maximum atomic E-state index is 13.6. The van der Waals surface area contributed by atoms with E-state index in [1.807, 2.05) is 13.0 Å². The van der Waals surface area contributed by atoms with Gasteiger partial charge in [-0.15, -0.1) is 0 Å². The van der Waals surface area contributed by atoms with E-state index in [-0.39, 0.29) is 23.4 Å². The van der Waals surface area contributed by atoms with Gasteiger partial charge in [-0.05, 0) is 68.9 Å². The minimum atomic E-state index is -0.399. The molecule has 1 amide bonds. The summed E-state index contributed by atoms with van der Waals surface area (Å²) in [5, 5.41) is 0. The van der Waals surface area contributed by atoms with Gasteiger partial charge in [-0.25, -0.2) is 4.39 Å². The SMILES string of the molecule is Cc1cc(C(=O)C[C@H]2CCC[C@]3(CCN(c4cccc(F)c4)C3=O)C2)ccn1. The molecular formula is C23H25FN2O2. The van der Waals surface area contributed by atoms with Crippen molar-refractivity contribution in [2.45, 2.75) is 45.4 Å². The highest BCUT2D eigenvalue weighted by molar-refractivity contribution is 6.00. The van der Waals surface area contributed by atoms with Crippen LogP contribution in [0.3, 0.4) is 0 Å². The molecule has 146 valence electrons. The average molecular weight is 380 g/mol. The quantitative estimate of drug-likeness (QED) is 0.722. The molecule has 28 heavy (non-hydrogen) atoms. The van der Waals surface area contributed by atoms with Gasteiger partial charge in [0.2, 0.25) is 5.91 Å². The van der Waals surface area contributed by atoms with Crippen LogP contribution >= 0.6 is 0 Å². The molecule has 0 unspecified atom stereocenters. The summed E-state index contributed by atoms with van der Waals surface area (Å²) in [5.41, 5.74) is 1.77. The molecule has 2 atom stereocenters. The third-order valence-electron chi connectivity index (χ3n) is 6.27. The maximum absolute atomic E-state index is 13.6. The van der Waals surface area contributed by atoms with Gasteiger partial charge in [0.15, 0.2) is 5.78 Å². The number of hydrogen-bond donors (Lipinski definition) is 0. The van der Waals surface area contributed by atoms with Gasteiger partial charge in [0.1, 0.15) is 5.82 Å². The summed E-state index contributed by atoms with van der Waals surface area (Å²) in [6.07, 6.45) is 6.45. The first-order valence-electron chi connectivity index (χ1n) is 10.0. The third-order valence-corrected chi connectivity index (χ3v) is 6.27. The fraction of sp³-hybridized carbons (Fsp3) is 0.435. The highest BCUT2D eigenvalue weighted by Gasteiger charge is 2.49. The van der Waals surface area contributed by atoms with E-state index in [9.17, 15) is 14.0 Å². The van der Waals surface area contributed by atoms with E-state index in [1.165, 1.54) is 12.1 Å². The van der Waals surface area contributed by atoms with E-state index in [2.05, 4.69) is 4.98 Å². The Kier molecular flexibility index (Phi) is 5.00. The molecule has 1 aromatic heterocycles. The molecule has 1 aliphatic carbocycles. The second kappa shape index (κ2) is 7.46. The number of pyridine rings is 1. The van der Waals surface area contributed by atoms with E-state index < -0.39 is 5.41 Å². The monoisotopic (exact) mass is 380 g/mol. The Hall–Kier alpha value is -2.56. The second-order valence-corrected chi connectivity index (χ2v) is 8.24. The zero-order chi connectivity index (χ0) is 19.7. The van der Waals surface area contributed by atoms with Crippen LogP contribution in [0, 0.1) is 24.1 Å². The number of rotatable bonds is 4. The highest BCUT2D eigenvalue weighted by Crippen LogP contribution is 2.48. The van der Waals surface area contributed by atoms with Gasteiger partial charge in [-0.2, -0.15) is 0 Å². The molecule has 4 rings (SSSR count). The summed E-state index contributed by atoms with van der Waals surface area (Å²) >= 11 is 0. The van der Waals surface area contributed by atoms with Gasteiger partial charge >= 0.3 is 0 Å². The van der Waals surface area contributed by atoms with Crippen molar-refractivity contribution in [3.05, 3.63) is 59.7 Å². The number of aromatic nitrogens is 1. The largest absolute Gasteiger partial charge is 0.312 e. The minimum Gasteiger partial charge on any atom is -0.312 e. The highest BCUT2D eigenvalue weighted by atomic mass is 19.1. The third kappa shape index (κ3) is 3.58. The lowest BCUT2D eigenvalue weighted by Gasteiger charge is -2.36. The number of anilines is 1. The Bertz CT molecular complexity index is 913. The van der Waals surface area contributed by atoms with Gasteiger partial charge in [-0.1, -0.05) is 12.5 Å². The van der Waals surface area contributed by atoms with Crippen molar-refractivity contribution in [1.82, 2.24) is 4.98 Å². The maximum Gasteiger partial charge on any atom is 0.233 e. The van der Waals surface area contributed by atoms with Crippen molar-refractivity contribution in [2.24, 2.45) is 11.3 Å². The fourth-order valence-electron chi connectivity index (χ4n) is 4.89. The summed E-state index contributed by atoms with van der Waals surface area (Å²) in [5.74, 6) is 0.104. The number of carbonyl (C=O) groups is 2. The molecule has 0 bridgehead atoms. The molecule has 1 spiro atoms. The van der Waals surface area contributed by atoms with Crippen LogP contribution in [-0.4, -0.2) is 23.2 Å². The zero-order valence-corrected chi connectivity index (χ0v) is 16.2. The van der Waals surface area contributed by atoms with Crippen molar-refractivity contribution in [3.8, 4) is 0 Å². The summed E-state index contributed by atoms with van der Waals surface area (Å²) in [7, 11) is 0. The van der Waals surface area contributed by atoms with E-state index in [4.69, 9.17) is 0 Å². The van der Waals surface area contributed by atoms with E-state index >= 15 is 0 Å². The number of carbonyl (C=O) groups excluding carboxylic acids is 2. The van der Waals surface area contributed by atoms with Crippen LogP contribution in [0.4, 0.5) is 10.1 Å². The molecule has 2 fully saturated rings. The second-order valence-electron chi connectivity index (χ2n) is 8.24. The molecule has 2 aliphatic rings. The Morgan fingerprint density at radius 2 is 2.14 bits per heavy atom. The summed E-state index contributed by atoms with van der Waals surface area (Å²) in [4.78, 5) is 31.8. The number of halogens is 1. The van der Waals surface area contributed by atoms with Crippen LogP contribution in [0.15, 0.2) is 42.6 Å². The first-order chi connectivity index (χ1) is 13.5. The van der Waals surface area contributed by atoms with Crippen LogP contribution < -0.4 is 4.90 Å². The van der Waals surface area contributed by atoms with Gasteiger partial charge in [0, 0.05) is 36.1 Å². The Labute approximate surface area is 164 Å². The lowest BCUT2D eigenvalue weighted by Crippen LogP contribution is -2.38. The molecule has 0 N–H and O–H groups in total. The molecule has 1 aliphatic heterocycles. The van der Waals surface area contributed by atoms with E-state index in [1.54, 1.807) is 29.3 Å². The van der Waals surface area contributed by atoms with Crippen LogP contribution in [0.5, 0.6) is 0 Å². The van der Waals surface area contributed by atoms with Crippen LogP contribution in [0.25, 0.3) is 0 Å². The number of hydrogen-bond acceptors (Lipinski definition) is 3. The topological polar surface area (TPSA) is 50.3 Å². The molecule has 2 aromatic rings. The predicted octanol–water partition coefficient (Wildman–Crippen LogP) is 4.72. The molecule has 1 saturated carbocycles. The average Bonchev–Trinajstić information content (AvgIpc) is 2.97. The lowest BCUT2D eigenvalue weighted by molar-refractivity contribution is -0.128. The van der Waals surface area contributed by atoms with Crippen LogP contribution in [0.1, 0.15) is 54.6 Å². The van der Waals surface area contributed by atoms with Crippen molar-refractivity contribution < 1.29 is 14.0 Å². The summed E-state index contributed by atoms with van der Waals surface area (Å²) < 4.78 is 13.6. The van der Waals surface area contributed by atoms with E-state index in [0.29, 0.717) is 24.2 Å². The van der Waals surface area contributed by atoms with Crippen molar-refractivity contribution in [1.29, 1.82) is 0 Å². The molecule has 0 radical (unpaired) electrons. The van der Waals surface area contributed by atoms with Crippen molar-refractivity contribution in [2.75, 3.05) is 11.4 Å². The summed E-state index contributed by atoms with van der Waals surface area (Å²) in [6.45, 7) is 2.50. The normalized spacial score (nSPS) is 24.7. The van der Waals surface area contributed by atoms with Gasteiger partial charge in [0.05, 0.1) is 5.41 Å². The minimum absolute atomic E-state index is 0.0926. The predicted molar refractivity (Wildman–Crippen MR) is 106 cm³/mol. The Morgan fingerprint density at radius 3 is 2.93 bits per heavy atom. The Morgan fingerprint density at radius 1 is 1.29 bits per heavy atom.